The highest BCUT2D eigenvalue weighted by Crippen LogP contribution is 2.35. The van der Waals surface area contributed by atoms with Crippen LogP contribution in [0.1, 0.15) is 70.4 Å². The maximum Gasteiger partial charge on any atom is 0.242 e. The zero-order chi connectivity index (χ0) is 22.1. The number of nitrogens with zero attached hydrogens (tertiary/aromatic N) is 1. The van der Waals surface area contributed by atoms with E-state index in [0.717, 1.165) is 12.8 Å². The van der Waals surface area contributed by atoms with Crippen molar-refractivity contribution in [2.24, 2.45) is 11.8 Å². The van der Waals surface area contributed by atoms with Gasteiger partial charge in [-0.15, -0.1) is 0 Å². The molecule has 6 heteroatoms. The molecule has 0 saturated carbocycles. The monoisotopic (exact) mass is 416 g/mol. The number of carbonyl (C=O) groups is 1. The summed E-state index contributed by atoms with van der Waals surface area (Å²) in [5, 5.41) is 10.9. The van der Waals surface area contributed by atoms with Gasteiger partial charge in [0.25, 0.3) is 0 Å². The SMILES string of the molecule is CCCCCCCCc1ccc2c3c(c[nH]c13)CCNC(=O)C(C(C)C)N2C.NO. The molecule has 30 heavy (non-hydrogen) atoms. The second-order valence-electron chi connectivity index (χ2n) is 8.67. The fourth-order valence-corrected chi connectivity index (χ4v) is 4.65. The van der Waals surface area contributed by atoms with Crippen LogP contribution in [0.4, 0.5) is 5.69 Å². The number of amides is 1. The topological polar surface area (TPSA) is 94.4 Å². The highest BCUT2D eigenvalue weighted by molar-refractivity contribution is 5.99. The van der Waals surface area contributed by atoms with Gasteiger partial charge < -0.3 is 20.4 Å². The summed E-state index contributed by atoms with van der Waals surface area (Å²) in [6.07, 6.45) is 12.1. The van der Waals surface area contributed by atoms with E-state index in [0.29, 0.717) is 6.54 Å². The Bertz CT molecular complexity index is 800. The molecule has 0 bridgehead atoms. The number of nitrogens with two attached hydrogens (primary N) is 1. The number of unbranched alkanes of at least 4 members (excludes halogenated alkanes) is 5. The number of likely N-dealkylation sites (N-methyl/N-ethyl adjacent to an activating group) is 1. The van der Waals surface area contributed by atoms with E-state index in [4.69, 9.17) is 5.21 Å². The summed E-state index contributed by atoms with van der Waals surface area (Å²) in [4.78, 5) is 18.5. The number of H-pyrrole nitrogens is 1. The average molecular weight is 417 g/mol. The zero-order valence-electron chi connectivity index (χ0n) is 19.1. The Morgan fingerprint density at radius 3 is 2.57 bits per heavy atom. The molecule has 0 spiro atoms. The number of anilines is 1. The molecule has 6 nitrogen and oxygen atoms in total. The Morgan fingerprint density at radius 2 is 1.87 bits per heavy atom. The fourth-order valence-electron chi connectivity index (χ4n) is 4.65. The van der Waals surface area contributed by atoms with E-state index in [1.807, 2.05) is 0 Å². The van der Waals surface area contributed by atoms with Crippen LogP contribution in [0.3, 0.4) is 0 Å². The molecule has 1 aliphatic heterocycles. The zero-order valence-corrected chi connectivity index (χ0v) is 19.1. The fraction of sp³-hybridized carbons (Fsp3) is 0.625. The quantitative estimate of drug-likeness (QED) is 0.375. The number of nitrogens with one attached hydrogen (secondary N) is 2. The summed E-state index contributed by atoms with van der Waals surface area (Å²) in [5.41, 5.74) is 5.17. The van der Waals surface area contributed by atoms with Crippen LogP contribution >= 0.6 is 0 Å². The van der Waals surface area contributed by atoms with E-state index in [9.17, 15) is 4.79 Å². The van der Waals surface area contributed by atoms with Crippen molar-refractivity contribution in [3.8, 4) is 0 Å². The highest BCUT2D eigenvalue weighted by Gasteiger charge is 2.29. The molecule has 1 aliphatic rings. The summed E-state index contributed by atoms with van der Waals surface area (Å²) < 4.78 is 0. The Balaban J connectivity index is 0.00000155. The van der Waals surface area contributed by atoms with Crippen molar-refractivity contribution in [3.05, 3.63) is 29.5 Å². The van der Waals surface area contributed by atoms with Gasteiger partial charge in [-0.1, -0.05) is 58.9 Å². The van der Waals surface area contributed by atoms with Crippen LogP contribution in [0.25, 0.3) is 10.9 Å². The summed E-state index contributed by atoms with van der Waals surface area (Å²) in [7, 11) is 2.06. The van der Waals surface area contributed by atoms with Crippen molar-refractivity contribution in [2.45, 2.75) is 78.2 Å². The molecule has 1 aromatic heterocycles. The van der Waals surface area contributed by atoms with Gasteiger partial charge in [0.05, 0.1) is 5.52 Å². The van der Waals surface area contributed by atoms with Crippen molar-refractivity contribution in [1.82, 2.24) is 10.3 Å². The van der Waals surface area contributed by atoms with Gasteiger partial charge in [0, 0.05) is 30.9 Å². The van der Waals surface area contributed by atoms with Gasteiger partial charge in [0.15, 0.2) is 0 Å². The van der Waals surface area contributed by atoms with Crippen LogP contribution in [-0.4, -0.2) is 35.7 Å². The van der Waals surface area contributed by atoms with Gasteiger partial charge >= 0.3 is 0 Å². The molecule has 0 saturated heterocycles. The molecular weight excluding hydrogens is 376 g/mol. The number of hydrogen-bond acceptors (Lipinski definition) is 4. The molecule has 1 unspecified atom stereocenters. The third-order valence-corrected chi connectivity index (χ3v) is 6.17. The van der Waals surface area contributed by atoms with Gasteiger partial charge in [-0.25, -0.2) is 5.90 Å². The molecule has 0 radical (unpaired) electrons. The number of hydrogen-bond donors (Lipinski definition) is 4. The molecule has 0 aliphatic carbocycles. The number of benzene rings is 1. The Hall–Kier alpha value is -2.05. The van der Waals surface area contributed by atoms with Gasteiger partial charge in [-0.3, -0.25) is 4.79 Å². The molecule has 1 aromatic carbocycles. The molecule has 3 rings (SSSR count). The van der Waals surface area contributed by atoms with Crippen LogP contribution < -0.4 is 16.1 Å². The first-order valence-electron chi connectivity index (χ1n) is 11.4. The highest BCUT2D eigenvalue weighted by atomic mass is 16.4. The lowest BCUT2D eigenvalue weighted by atomic mass is 9.97. The number of aromatic nitrogens is 1. The number of carbonyl (C=O) groups excluding carboxylic acids is 1. The number of aryl methyl sites for hydroxylation is 1. The molecule has 2 heterocycles. The largest absolute Gasteiger partial charge is 0.362 e. The third-order valence-electron chi connectivity index (χ3n) is 6.17. The van der Waals surface area contributed by atoms with Crippen molar-refractivity contribution in [2.75, 3.05) is 18.5 Å². The van der Waals surface area contributed by atoms with Crippen molar-refractivity contribution in [3.63, 3.8) is 0 Å². The molecule has 1 amide bonds. The second-order valence-corrected chi connectivity index (χ2v) is 8.67. The number of aromatic amines is 1. The molecule has 2 aromatic rings. The van der Waals surface area contributed by atoms with Crippen LogP contribution in [0.15, 0.2) is 18.3 Å². The minimum Gasteiger partial charge on any atom is -0.362 e. The first-order valence-corrected chi connectivity index (χ1v) is 11.4. The van der Waals surface area contributed by atoms with Crippen molar-refractivity contribution in [1.29, 1.82) is 0 Å². The Labute approximate surface area is 181 Å². The maximum absolute atomic E-state index is 12.7. The van der Waals surface area contributed by atoms with Crippen LogP contribution in [-0.2, 0) is 17.6 Å². The minimum atomic E-state index is -0.145. The average Bonchev–Trinajstić information content (AvgIpc) is 3.17. The number of rotatable bonds is 8. The predicted molar refractivity (Wildman–Crippen MR) is 125 cm³/mol. The smallest absolute Gasteiger partial charge is 0.242 e. The standard InChI is InChI=1S/C24H37N3O.H3NO/c1-5-6-7-8-9-10-11-18-12-13-20-21-19(16-26-22(18)21)14-15-25-24(28)23(17(2)3)27(20)4;1-2/h12-13,16-17,23,26H,5-11,14-15H2,1-4H3,(H,25,28);2H,1H2. The van der Waals surface area contributed by atoms with Crippen LogP contribution in [0.2, 0.25) is 0 Å². The lowest BCUT2D eigenvalue weighted by Crippen LogP contribution is -2.48. The minimum absolute atomic E-state index is 0.135. The predicted octanol–water partition coefficient (Wildman–Crippen LogP) is 4.54. The summed E-state index contributed by atoms with van der Waals surface area (Å²) in [6.45, 7) is 7.22. The first-order chi connectivity index (χ1) is 14.5. The lowest BCUT2D eigenvalue weighted by molar-refractivity contribution is -0.123. The Kier molecular flexibility index (Phi) is 9.66. The normalized spacial score (nSPS) is 16.6. The molecule has 1 atom stereocenters. The first kappa shape index (κ1) is 24.2. The summed E-state index contributed by atoms with van der Waals surface area (Å²) in [6, 6.07) is 4.36. The lowest BCUT2D eigenvalue weighted by Gasteiger charge is -2.32. The summed E-state index contributed by atoms with van der Waals surface area (Å²) in [5.74, 6) is 3.89. The van der Waals surface area contributed by atoms with Crippen LogP contribution in [0.5, 0.6) is 0 Å². The van der Waals surface area contributed by atoms with Crippen molar-refractivity contribution >= 4 is 22.5 Å². The van der Waals surface area contributed by atoms with E-state index in [-0.39, 0.29) is 17.9 Å². The van der Waals surface area contributed by atoms with Gasteiger partial charge in [0.1, 0.15) is 6.04 Å². The van der Waals surface area contributed by atoms with Gasteiger partial charge in [-0.05, 0) is 42.4 Å². The van der Waals surface area contributed by atoms with Crippen molar-refractivity contribution < 1.29 is 10.0 Å². The van der Waals surface area contributed by atoms with E-state index in [1.54, 1.807) is 0 Å². The van der Waals surface area contributed by atoms with Crippen LogP contribution in [0, 0.1) is 5.92 Å². The molecular formula is C24H40N4O2. The van der Waals surface area contributed by atoms with E-state index >= 15 is 0 Å². The Morgan fingerprint density at radius 1 is 1.17 bits per heavy atom. The van der Waals surface area contributed by atoms with Gasteiger partial charge in [-0.2, -0.15) is 0 Å². The second kappa shape index (κ2) is 12.0. The molecule has 168 valence electrons. The summed E-state index contributed by atoms with van der Waals surface area (Å²) >= 11 is 0. The van der Waals surface area contributed by atoms with E-state index < -0.39 is 0 Å². The van der Waals surface area contributed by atoms with E-state index in [2.05, 4.69) is 67.2 Å². The van der Waals surface area contributed by atoms with Gasteiger partial charge in [0.2, 0.25) is 5.91 Å². The molecule has 0 fully saturated rings. The van der Waals surface area contributed by atoms with E-state index in [1.165, 1.54) is 66.2 Å². The maximum atomic E-state index is 12.7. The third kappa shape index (κ3) is 5.55. The molecule has 5 N–H and O–H groups in total.